The van der Waals surface area contributed by atoms with Gasteiger partial charge in [-0.3, -0.25) is 14.5 Å². The Hall–Kier alpha value is -2.80. The maximum Gasteiger partial charge on any atom is 0.238 e. The van der Waals surface area contributed by atoms with Crippen LogP contribution in [-0.2, 0) is 4.79 Å². The molecule has 2 heterocycles. The first kappa shape index (κ1) is 19.0. The predicted octanol–water partition coefficient (Wildman–Crippen LogP) is 2.06. The molecule has 1 aromatic carbocycles. The van der Waals surface area contributed by atoms with Gasteiger partial charge in [0.05, 0.1) is 6.54 Å². The monoisotopic (exact) mass is 367 g/mol. The number of aryl methyl sites for hydroxylation is 2. The minimum atomic E-state index is -0.0770. The summed E-state index contributed by atoms with van der Waals surface area (Å²) in [5.41, 5.74) is 3.17. The van der Waals surface area contributed by atoms with Gasteiger partial charge in [-0.1, -0.05) is 12.1 Å². The van der Waals surface area contributed by atoms with E-state index < -0.39 is 0 Å². The number of carbonyl (C=O) groups excluding carboxylic acids is 2. The fraction of sp³-hybridized carbons (Fsp3) is 0.400. The van der Waals surface area contributed by atoms with Gasteiger partial charge in [0.2, 0.25) is 11.9 Å². The van der Waals surface area contributed by atoms with Crippen LogP contribution in [0.2, 0.25) is 0 Å². The van der Waals surface area contributed by atoms with Gasteiger partial charge in [-0.2, -0.15) is 0 Å². The molecule has 27 heavy (non-hydrogen) atoms. The van der Waals surface area contributed by atoms with Crippen LogP contribution in [0.15, 0.2) is 30.3 Å². The summed E-state index contributed by atoms with van der Waals surface area (Å²) in [4.78, 5) is 37.1. The number of anilines is 2. The smallest absolute Gasteiger partial charge is 0.238 e. The van der Waals surface area contributed by atoms with E-state index in [0.717, 1.165) is 43.5 Å². The van der Waals surface area contributed by atoms with E-state index in [1.54, 1.807) is 24.3 Å². The number of hydrogen-bond donors (Lipinski definition) is 1. The maximum atomic E-state index is 12.3. The first-order chi connectivity index (χ1) is 12.9. The highest BCUT2D eigenvalue weighted by molar-refractivity contribution is 5.97. The zero-order valence-corrected chi connectivity index (χ0v) is 16.0. The van der Waals surface area contributed by atoms with E-state index in [-0.39, 0.29) is 11.7 Å². The molecule has 1 amide bonds. The summed E-state index contributed by atoms with van der Waals surface area (Å²) in [6, 6.07) is 8.97. The quantitative estimate of drug-likeness (QED) is 0.815. The molecular weight excluding hydrogens is 342 g/mol. The van der Waals surface area contributed by atoms with Crippen molar-refractivity contribution in [3.63, 3.8) is 0 Å². The van der Waals surface area contributed by atoms with Crippen LogP contribution < -0.4 is 10.2 Å². The maximum absolute atomic E-state index is 12.3. The highest BCUT2D eigenvalue weighted by atomic mass is 16.2. The third kappa shape index (κ3) is 5.10. The molecule has 0 radical (unpaired) electrons. The van der Waals surface area contributed by atoms with Crippen LogP contribution in [0, 0.1) is 13.8 Å². The predicted molar refractivity (Wildman–Crippen MR) is 105 cm³/mol. The van der Waals surface area contributed by atoms with Crippen molar-refractivity contribution in [2.75, 3.05) is 42.9 Å². The molecule has 0 unspecified atom stereocenters. The molecule has 1 aromatic heterocycles. The minimum Gasteiger partial charge on any atom is -0.338 e. The van der Waals surface area contributed by atoms with Crippen molar-refractivity contribution >= 4 is 23.3 Å². The number of piperazine rings is 1. The summed E-state index contributed by atoms with van der Waals surface area (Å²) in [6.45, 7) is 8.91. The molecule has 0 atom stereocenters. The Morgan fingerprint density at radius 3 is 2.33 bits per heavy atom. The number of hydrogen-bond acceptors (Lipinski definition) is 6. The average Bonchev–Trinajstić information content (AvgIpc) is 2.61. The van der Waals surface area contributed by atoms with E-state index in [2.05, 4.69) is 25.1 Å². The lowest BCUT2D eigenvalue weighted by Crippen LogP contribution is -2.49. The number of carbonyl (C=O) groups is 2. The van der Waals surface area contributed by atoms with Crippen LogP contribution in [0.1, 0.15) is 28.7 Å². The van der Waals surface area contributed by atoms with E-state index in [4.69, 9.17) is 0 Å². The van der Waals surface area contributed by atoms with Crippen LogP contribution in [0.4, 0.5) is 11.6 Å². The molecule has 1 aliphatic rings. The molecule has 0 saturated carbocycles. The normalized spacial score (nSPS) is 14.9. The number of benzene rings is 1. The minimum absolute atomic E-state index is 0.0178. The van der Waals surface area contributed by atoms with Crippen LogP contribution in [0.3, 0.4) is 0 Å². The van der Waals surface area contributed by atoms with E-state index in [9.17, 15) is 9.59 Å². The third-order valence-electron chi connectivity index (χ3n) is 4.55. The Kier molecular flexibility index (Phi) is 5.81. The zero-order valence-electron chi connectivity index (χ0n) is 16.0. The first-order valence-corrected chi connectivity index (χ1v) is 9.11. The van der Waals surface area contributed by atoms with Gasteiger partial charge in [-0.25, -0.2) is 9.97 Å². The van der Waals surface area contributed by atoms with Gasteiger partial charge in [0.25, 0.3) is 0 Å². The lowest BCUT2D eigenvalue weighted by Gasteiger charge is -2.34. The molecule has 3 rings (SSSR count). The molecule has 1 saturated heterocycles. The van der Waals surface area contributed by atoms with Gasteiger partial charge >= 0.3 is 0 Å². The van der Waals surface area contributed by atoms with Gasteiger partial charge in [0.1, 0.15) is 0 Å². The van der Waals surface area contributed by atoms with Crippen molar-refractivity contribution in [1.29, 1.82) is 0 Å². The Labute approximate surface area is 159 Å². The van der Waals surface area contributed by atoms with Crippen molar-refractivity contribution in [3.8, 4) is 0 Å². The van der Waals surface area contributed by atoms with Crippen molar-refractivity contribution in [2.45, 2.75) is 20.8 Å². The van der Waals surface area contributed by atoms with Crippen molar-refractivity contribution in [1.82, 2.24) is 14.9 Å². The van der Waals surface area contributed by atoms with Gasteiger partial charge in [-0.15, -0.1) is 0 Å². The van der Waals surface area contributed by atoms with Gasteiger partial charge in [0.15, 0.2) is 5.78 Å². The molecule has 142 valence electrons. The number of ketones is 1. The molecule has 0 spiro atoms. The summed E-state index contributed by atoms with van der Waals surface area (Å²) >= 11 is 0. The van der Waals surface area contributed by atoms with Crippen molar-refractivity contribution in [3.05, 3.63) is 47.3 Å². The zero-order chi connectivity index (χ0) is 19.4. The van der Waals surface area contributed by atoms with Crippen LogP contribution in [0.5, 0.6) is 0 Å². The lowest BCUT2D eigenvalue weighted by atomic mass is 10.1. The lowest BCUT2D eigenvalue weighted by molar-refractivity contribution is -0.117. The summed E-state index contributed by atoms with van der Waals surface area (Å²) in [5.74, 6) is 0.667. The summed E-state index contributed by atoms with van der Waals surface area (Å²) in [7, 11) is 0. The Bertz CT molecular complexity index is 824. The molecule has 2 aromatic rings. The van der Waals surface area contributed by atoms with E-state index in [1.165, 1.54) is 6.92 Å². The SMILES string of the molecule is CC(=O)c1cccc(NC(=O)CN2CCN(c3nc(C)cc(C)n3)CC2)c1. The number of rotatable bonds is 5. The van der Waals surface area contributed by atoms with E-state index in [1.807, 2.05) is 19.9 Å². The Morgan fingerprint density at radius 2 is 1.70 bits per heavy atom. The number of Topliss-reactive ketones (excluding diaryl/α,β-unsaturated/α-hetero) is 1. The molecule has 0 aliphatic carbocycles. The Morgan fingerprint density at radius 1 is 1.04 bits per heavy atom. The highest BCUT2D eigenvalue weighted by Crippen LogP contribution is 2.14. The summed E-state index contributed by atoms with van der Waals surface area (Å²) in [6.07, 6.45) is 0. The second-order valence-electron chi connectivity index (χ2n) is 6.90. The fourth-order valence-electron chi connectivity index (χ4n) is 3.17. The van der Waals surface area contributed by atoms with E-state index in [0.29, 0.717) is 17.8 Å². The fourth-order valence-corrected chi connectivity index (χ4v) is 3.17. The van der Waals surface area contributed by atoms with Crippen molar-refractivity contribution < 1.29 is 9.59 Å². The number of amides is 1. The third-order valence-corrected chi connectivity index (χ3v) is 4.55. The van der Waals surface area contributed by atoms with Gasteiger partial charge in [0, 0.05) is 48.8 Å². The topological polar surface area (TPSA) is 78.4 Å². The molecule has 7 heteroatoms. The Balaban J connectivity index is 1.52. The second kappa shape index (κ2) is 8.26. The van der Waals surface area contributed by atoms with Gasteiger partial charge in [-0.05, 0) is 39.0 Å². The summed E-state index contributed by atoms with van der Waals surface area (Å²) in [5, 5.41) is 2.87. The number of nitrogens with one attached hydrogen (secondary N) is 1. The van der Waals surface area contributed by atoms with Crippen molar-refractivity contribution in [2.24, 2.45) is 0 Å². The number of nitrogens with zero attached hydrogens (tertiary/aromatic N) is 4. The van der Waals surface area contributed by atoms with Crippen LogP contribution in [-0.4, -0.2) is 59.3 Å². The first-order valence-electron chi connectivity index (χ1n) is 9.11. The largest absolute Gasteiger partial charge is 0.338 e. The molecule has 7 nitrogen and oxygen atoms in total. The van der Waals surface area contributed by atoms with Crippen LogP contribution in [0.25, 0.3) is 0 Å². The summed E-state index contributed by atoms with van der Waals surface area (Å²) < 4.78 is 0. The number of aromatic nitrogens is 2. The highest BCUT2D eigenvalue weighted by Gasteiger charge is 2.21. The molecule has 1 N–H and O–H groups in total. The molecule has 0 bridgehead atoms. The van der Waals surface area contributed by atoms with Gasteiger partial charge < -0.3 is 10.2 Å². The van der Waals surface area contributed by atoms with Crippen LogP contribution >= 0.6 is 0 Å². The molecular formula is C20H25N5O2. The molecule has 1 fully saturated rings. The molecule has 1 aliphatic heterocycles. The standard InChI is InChI=1S/C20H25N5O2/c1-14-11-15(2)22-20(21-14)25-9-7-24(8-10-25)13-19(27)23-18-6-4-5-17(12-18)16(3)26/h4-6,11-12H,7-10,13H2,1-3H3,(H,23,27). The average molecular weight is 367 g/mol. The second-order valence-corrected chi connectivity index (χ2v) is 6.90. The van der Waals surface area contributed by atoms with E-state index >= 15 is 0 Å².